The Balaban J connectivity index is 1.69. The largest absolute Gasteiger partial charge is 0.382 e. The van der Waals surface area contributed by atoms with Crippen molar-refractivity contribution in [1.82, 2.24) is 5.32 Å². The van der Waals surface area contributed by atoms with Crippen LogP contribution in [-0.4, -0.2) is 65.9 Å². The summed E-state index contributed by atoms with van der Waals surface area (Å²) >= 11 is 0. The van der Waals surface area contributed by atoms with Gasteiger partial charge in [-0.2, -0.15) is 0 Å². The van der Waals surface area contributed by atoms with Gasteiger partial charge in [0.05, 0.1) is 39.6 Å². The van der Waals surface area contributed by atoms with Gasteiger partial charge in [0, 0.05) is 19.8 Å². The SMILES string of the molecule is COCCOCCOCCOCCCNC1CCCCC1. The molecule has 1 aliphatic rings. The van der Waals surface area contributed by atoms with Crippen LogP contribution in [0.2, 0.25) is 0 Å². The number of hydrogen-bond donors (Lipinski definition) is 1. The summed E-state index contributed by atoms with van der Waals surface area (Å²) < 4.78 is 21.1. The highest BCUT2D eigenvalue weighted by molar-refractivity contribution is 4.71. The van der Waals surface area contributed by atoms with Crippen molar-refractivity contribution in [1.29, 1.82) is 0 Å². The summed E-state index contributed by atoms with van der Waals surface area (Å²) in [4.78, 5) is 0. The molecule has 0 amide bonds. The third kappa shape index (κ3) is 12.1. The summed E-state index contributed by atoms with van der Waals surface area (Å²) in [6.07, 6.45) is 7.97. The van der Waals surface area contributed by atoms with Crippen molar-refractivity contribution >= 4 is 0 Å². The van der Waals surface area contributed by atoms with Crippen LogP contribution in [0.4, 0.5) is 0 Å². The molecule has 5 nitrogen and oxygen atoms in total. The number of nitrogens with one attached hydrogen (secondary N) is 1. The molecule has 1 saturated carbocycles. The van der Waals surface area contributed by atoms with Crippen LogP contribution in [0.3, 0.4) is 0 Å². The number of ether oxygens (including phenoxy) is 4. The molecule has 0 spiro atoms. The van der Waals surface area contributed by atoms with Crippen LogP contribution in [0.25, 0.3) is 0 Å². The van der Waals surface area contributed by atoms with E-state index in [1.807, 2.05) is 0 Å². The molecule has 0 aromatic heterocycles. The Morgan fingerprint density at radius 1 is 0.762 bits per heavy atom. The molecule has 0 aromatic rings. The van der Waals surface area contributed by atoms with Gasteiger partial charge < -0.3 is 24.3 Å². The molecule has 126 valence electrons. The van der Waals surface area contributed by atoms with Gasteiger partial charge in [0.25, 0.3) is 0 Å². The standard InChI is InChI=1S/C16H33NO4/c1-18-10-11-20-14-15-21-13-12-19-9-5-8-17-16-6-3-2-4-7-16/h16-17H,2-15H2,1H3. The van der Waals surface area contributed by atoms with Gasteiger partial charge in [-0.1, -0.05) is 19.3 Å². The van der Waals surface area contributed by atoms with Gasteiger partial charge in [0.15, 0.2) is 0 Å². The first-order valence-corrected chi connectivity index (χ1v) is 8.39. The quantitative estimate of drug-likeness (QED) is 0.497. The summed E-state index contributed by atoms with van der Waals surface area (Å²) in [5, 5.41) is 3.62. The first-order chi connectivity index (χ1) is 10.4. The van der Waals surface area contributed by atoms with Crippen LogP contribution in [0.1, 0.15) is 38.5 Å². The highest BCUT2D eigenvalue weighted by Crippen LogP contribution is 2.17. The van der Waals surface area contributed by atoms with E-state index < -0.39 is 0 Å². The molecule has 0 aliphatic heterocycles. The van der Waals surface area contributed by atoms with E-state index in [4.69, 9.17) is 18.9 Å². The van der Waals surface area contributed by atoms with Crippen LogP contribution in [0.5, 0.6) is 0 Å². The monoisotopic (exact) mass is 303 g/mol. The lowest BCUT2D eigenvalue weighted by Crippen LogP contribution is -2.32. The first-order valence-electron chi connectivity index (χ1n) is 8.39. The second kappa shape index (κ2) is 14.7. The third-order valence-corrected chi connectivity index (χ3v) is 3.68. The summed E-state index contributed by atoms with van der Waals surface area (Å²) in [5.41, 5.74) is 0. The Kier molecular flexibility index (Phi) is 13.2. The maximum absolute atomic E-state index is 5.54. The molecule has 0 unspecified atom stereocenters. The Bertz CT molecular complexity index is 210. The molecule has 1 rings (SSSR count). The highest BCUT2D eigenvalue weighted by atomic mass is 16.6. The Labute approximate surface area is 129 Å². The Hall–Kier alpha value is -0.200. The summed E-state index contributed by atoms with van der Waals surface area (Å²) in [6.45, 7) is 5.70. The van der Waals surface area contributed by atoms with Crippen LogP contribution in [0, 0.1) is 0 Å². The van der Waals surface area contributed by atoms with Gasteiger partial charge in [0.1, 0.15) is 0 Å². The summed E-state index contributed by atoms with van der Waals surface area (Å²) in [5.74, 6) is 0. The minimum atomic E-state index is 0.620. The van der Waals surface area contributed by atoms with Gasteiger partial charge in [-0.05, 0) is 25.8 Å². The molecule has 0 saturated heterocycles. The Morgan fingerprint density at radius 2 is 1.33 bits per heavy atom. The van der Waals surface area contributed by atoms with Gasteiger partial charge >= 0.3 is 0 Å². The molecule has 1 N–H and O–H groups in total. The molecule has 0 heterocycles. The molecule has 1 aliphatic carbocycles. The molecule has 0 radical (unpaired) electrons. The van der Waals surface area contributed by atoms with Gasteiger partial charge in [-0.25, -0.2) is 0 Å². The van der Waals surface area contributed by atoms with Gasteiger partial charge in [-0.15, -0.1) is 0 Å². The zero-order chi connectivity index (χ0) is 15.0. The fourth-order valence-electron chi connectivity index (χ4n) is 2.47. The molecular formula is C16H33NO4. The minimum absolute atomic E-state index is 0.620. The molecule has 0 aromatic carbocycles. The van der Waals surface area contributed by atoms with E-state index in [-0.39, 0.29) is 0 Å². The average molecular weight is 303 g/mol. The maximum atomic E-state index is 5.54. The second-order valence-electron chi connectivity index (χ2n) is 5.47. The summed E-state index contributed by atoms with van der Waals surface area (Å²) in [7, 11) is 1.67. The molecule has 21 heavy (non-hydrogen) atoms. The van der Waals surface area contributed by atoms with Crippen molar-refractivity contribution in [3.8, 4) is 0 Å². The van der Waals surface area contributed by atoms with Crippen LogP contribution in [0.15, 0.2) is 0 Å². The van der Waals surface area contributed by atoms with Crippen LogP contribution >= 0.6 is 0 Å². The van der Waals surface area contributed by atoms with E-state index in [0.29, 0.717) is 39.6 Å². The van der Waals surface area contributed by atoms with Crippen molar-refractivity contribution in [3.63, 3.8) is 0 Å². The van der Waals surface area contributed by atoms with Crippen LogP contribution in [-0.2, 0) is 18.9 Å². The predicted octanol–water partition coefficient (Wildman–Crippen LogP) is 1.99. The second-order valence-corrected chi connectivity index (χ2v) is 5.47. The van der Waals surface area contributed by atoms with E-state index >= 15 is 0 Å². The van der Waals surface area contributed by atoms with Crippen molar-refractivity contribution in [3.05, 3.63) is 0 Å². The summed E-state index contributed by atoms with van der Waals surface area (Å²) in [6, 6.07) is 0.750. The zero-order valence-electron chi connectivity index (χ0n) is 13.6. The lowest BCUT2D eigenvalue weighted by atomic mass is 9.95. The first kappa shape index (κ1) is 18.8. The molecule has 0 atom stereocenters. The fraction of sp³-hybridized carbons (Fsp3) is 1.00. The zero-order valence-corrected chi connectivity index (χ0v) is 13.6. The smallest absolute Gasteiger partial charge is 0.0701 e. The van der Waals surface area contributed by atoms with E-state index in [1.54, 1.807) is 7.11 Å². The predicted molar refractivity (Wildman–Crippen MR) is 83.8 cm³/mol. The normalized spacial score (nSPS) is 16.4. The highest BCUT2D eigenvalue weighted by Gasteiger charge is 2.11. The third-order valence-electron chi connectivity index (χ3n) is 3.68. The van der Waals surface area contributed by atoms with Crippen molar-refractivity contribution in [2.75, 3.05) is 59.9 Å². The maximum Gasteiger partial charge on any atom is 0.0701 e. The molecule has 5 heteroatoms. The lowest BCUT2D eigenvalue weighted by molar-refractivity contribution is 0.00339. The number of methoxy groups -OCH3 is 1. The van der Waals surface area contributed by atoms with Crippen LogP contribution < -0.4 is 5.32 Å². The van der Waals surface area contributed by atoms with Crippen molar-refractivity contribution < 1.29 is 18.9 Å². The van der Waals surface area contributed by atoms with E-state index in [1.165, 1.54) is 32.1 Å². The lowest BCUT2D eigenvalue weighted by Gasteiger charge is -2.22. The topological polar surface area (TPSA) is 49.0 Å². The Morgan fingerprint density at radius 3 is 1.95 bits per heavy atom. The molecule has 0 bridgehead atoms. The number of rotatable bonds is 14. The molecule has 1 fully saturated rings. The van der Waals surface area contributed by atoms with Gasteiger partial charge in [0.2, 0.25) is 0 Å². The van der Waals surface area contributed by atoms with E-state index in [0.717, 1.165) is 25.6 Å². The van der Waals surface area contributed by atoms with Crippen molar-refractivity contribution in [2.24, 2.45) is 0 Å². The minimum Gasteiger partial charge on any atom is -0.382 e. The fourth-order valence-corrected chi connectivity index (χ4v) is 2.47. The molecular weight excluding hydrogens is 270 g/mol. The van der Waals surface area contributed by atoms with E-state index in [9.17, 15) is 0 Å². The number of hydrogen-bond acceptors (Lipinski definition) is 5. The van der Waals surface area contributed by atoms with Gasteiger partial charge in [-0.3, -0.25) is 0 Å². The van der Waals surface area contributed by atoms with Crippen molar-refractivity contribution in [2.45, 2.75) is 44.6 Å². The van der Waals surface area contributed by atoms with E-state index in [2.05, 4.69) is 5.32 Å². The average Bonchev–Trinajstić information content (AvgIpc) is 2.53.